The van der Waals surface area contributed by atoms with Crippen LogP contribution in [0.1, 0.15) is 59.7 Å². The van der Waals surface area contributed by atoms with Gasteiger partial charge in [0, 0.05) is 40.9 Å². The molecule has 3 N–H and O–H groups in total. The number of carbonyl (C=O) groups excluding carboxylic acids is 3. The molecule has 5 rings (SSSR count). The van der Waals surface area contributed by atoms with Crippen LogP contribution < -0.4 is 14.6 Å². The second kappa shape index (κ2) is 11.4. The van der Waals surface area contributed by atoms with Crippen LogP contribution in [0.2, 0.25) is 0 Å². The molecule has 1 aliphatic carbocycles. The number of phenols is 2. The van der Waals surface area contributed by atoms with E-state index in [4.69, 9.17) is 0 Å². The predicted octanol–water partition coefficient (Wildman–Crippen LogP) is 4.47. The van der Waals surface area contributed by atoms with Gasteiger partial charge in [0.25, 0.3) is 5.91 Å². The fourth-order valence-electron chi connectivity index (χ4n) is 4.78. The molecule has 4 aromatic rings. The van der Waals surface area contributed by atoms with Crippen molar-refractivity contribution >= 4 is 17.5 Å². The van der Waals surface area contributed by atoms with Crippen LogP contribution in [0.25, 0.3) is 0 Å². The summed E-state index contributed by atoms with van der Waals surface area (Å²) in [7, 11) is 0. The summed E-state index contributed by atoms with van der Waals surface area (Å²) in [6.07, 6.45) is 0.200. The number of alkyl halides is 3. The third-order valence-corrected chi connectivity index (χ3v) is 6.78. The van der Waals surface area contributed by atoms with Crippen LogP contribution in [0.4, 0.5) is 13.2 Å². The molecule has 0 aliphatic heterocycles. The molecular weight excluding hydrogens is 553 g/mol. The highest BCUT2D eigenvalue weighted by atomic mass is 19.4. The highest BCUT2D eigenvalue weighted by molar-refractivity contribution is 6.30. The second-order valence-corrected chi connectivity index (χ2v) is 9.71. The van der Waals surface area contributed by atoms with Gasteiger partial charge >= 0.3 is 6.36 Å². The second-order valence-electron chi connectivity index (χ2n) is 9.71. The molecular formula is C31H24F3N2O6+. The average Bonchev–Trinajstić information content (AvgIpc) is 2.94. The Balaban J connectivity index is 1.14. The number of ether oxygens (including phenoxy) is 1. The molecule has 214 valence electrons. The molecule has 3 aromatic carbocycles. The zero-order valence-corrected chi connectivity index (χ0v) is 21.9. The van der Waals surface area contributed by atoms with Crippen LogP contribution in [-0.2, 0) is 13.0 Å². The third-order valence-electron chi connectivity index (χ3n) is 6.78. The van der Waals surface area contributed by atoms with E-state index in [1.54, 1.807) is 12.1 Å². The minimum absolute atomic E-state index is 0.00193. The van der Waals surface area contributed by atoms with Crippen molar-refractivity contribution < 1.29 is 47.1 Å². The topological polar surface area (TPSA) is 117 Å². The summed E-state index contributed by atoms with van der Waals surface area (Å²) in [5, 5.41) is 23.3. The SMILES string of the molecule is O=C(NCCCc1cc[n+](Cc2ccc(OC(F)(F)F)cc2)cc1)c1cc(O)c2c(c1)C(=O)c1cccc(O)c1C2=O. The number of nitrogens with one attached hydrogen (secondary N) is 1. The fraction of sp³-hybridized carbons (Fsp3) is 0.161. The molecule has 0 saturated heterocycles. The number of nitrogens with zero attached hydrogens (tertiary/aromatic N) is 1. The van der Waals surface area contributed by atoms with Crippen LogP contribution in [-0.4, -0.2) is 40.6 Å². The van der Waals surface area contributed by atoms with Gasteiger partial charge in [0.05, 0.1) is 11.1 Å². The van der Waals surface area contributed by atoms with E-state index < -0.39 is 29.6 Å². The standard InChI is InChI=1S/C31H23F3N2O6/c32-31(33,34)42-21-8-6-19(7-9-21)17-36-13-10-18(11-14-36)3-2-12-35-30(41)20-15-23-27(25(38)16-20)29(40)26-22(28(23)39)4-1-5-24(26)37/h1,4-11,13-16H,2-3,12,17H2,(H2-,35,37,38,40,41)/p+1. The number of halogens is 3. The normalized spacial score (nSPS) is 12.5. The summed E-state index contributed by atoms with van der Waals surface area (Å²) >= 11 is 0. The van der Waals surface area contributed by atoms with Crippen molar-refractivity contribution in [1.82, 2.24) is 5.32 Å². The van der Waals surface area contributed by atoms with Gasteiger partial charge in [-0.2, -0.15) is 0 Å². The molecule has 0 atom stereocenters. The zero-order chi connectivity index (χ0) is 30.0. The van der Waals surface area contributed by atoms with E-state index in [0.717, 1.165) is 17.2 Å². The number of rotatable bonds is 8. The van der Waals surface area contributed by atoms with Gasteiger partial charge in [-0.15, -0.1) is 13.2 Å². The lowest BCUT2D eigenvalue weighted by atomic mass is 9.82. The quantitative estimate of drug-likeness (QED) is 0.185. The highest BCUT2D eigenvalue weighted by Gasteiger charge is 2.35. The van der Waals surface area contributed by atoms with Crippen LogP contribution in [0.3, 0.4) is 0 Å². The molecule has 42 heavy (non-hydrogen) atoms. The summed E-state index contributed by atoms with van der Waals surface area (Å²) in [5.41, 5.74) is 1.30. The van der Waals surface area contributed by atoms with Gasteiger partial charge in [-0.3, -0.25) is 14.4 Å². The number of ketones is 2. The molecule has 8 nitrogen and oxygen atoms in total. The number of aryl methyl sites for hydroxylation is 1. The summed E-state index contributed by atoms with van der Waals surface area (Å²) in [5.74, 6) is -2.95. The van der Waals surface area contributed by atoms with E-state index in [9.17, 15) is 37.8 Å². The lowest BCUT2D eigenvalue weighted by molar-refractivity contribution is -0.688. The van der Waals surface area contributed by atoms with E-state index >= 15 is 0 Å². The van der Waals surface area contributed by atoms with Crippen LogP contribution in [0.15, 0.2) is 79.1 Å². The van der Waals surface area contributed by atoms with Crippen molar-refractivity contribution in [3.63, 3.8) is 0 Å². The minimum atomic E-state index is -4.74. The molecule has 0 fully saturated rings. The first-order chi connectivity index (χ1) is 20.0. The van der Waals surface area contributed by atoms with E-state index in [2.05, 4.69) is 10.1 Å². The number of fused-ring (bicyclic) bond motifs is 2. The minimum Gasteiger partial charge on any atom is -0.507 e. The Morgan fingerprint density at radius 3 is 2.21 bits per heavy atom. The molecule has 0 unspecified atom stereocenters. The number of benzene rings is 3. The van der Waals surface area contributed by atoms with E-state index in [1.165, 1.54) is 36.4 Å². The Labute approximate surface area is 237 Å². The lowest BCUT2D eigenvalue weighted by Gasteiger charge is -2.20. The van der Waals surface area contributed by atoms with Gasteiger partial charge in [-0.1, -0.05) is 12.1 Å². The molecule has 11 heteroatoms. The molecule has 1 heterocycles. The Hall–Kier alpha value is -5.19. The van der Waals surface area contributed by atoms with Crippen LogP contribution in [0, 0.1) is 0 Å². The van der Waals surface area contributed by atoms with Crippen LogP contribution in [0.5, 0.6) is 17.2 Å². The molecule has 0 bridgehead atoms. The molecule has 0 spiro atoms. The zero-order valence-electron chi connectivity index (χ0n) is 21.9. The summed E-state index contributed by atoms with van der Waals surface area (Å²) in [6.45, 7) is 0.763. The molecule has 1 amide bonds. The number of amides is 1. The Bertz CT molecular complexity index is 1680. The Kier molecular flexibility index (Phi) is 7.66. The maximum atomic E-state index is 13.0. The first kappa shape index (κ1) is 28.3. The maximum Gasteiger partial charge on any atom is 0.573 e. The number of hydrogen-bond donors (Lipinski definition) is 3. The van der Waals surface area contributed by atoms with Gasteiger partial charge in [-0.05, 0) is 60.9 Å². The number of carbonyl (C=O) groups is 3. The van der Waals surface area contributed by atoms with Gasteiger partial charge in [0.2, 0.25) is 5.78 Å². The highest BCUT2D eigenvalue weighted by Crippen LogP contribution is 2.37. The van der Waals surface area contributed by atoms with E-state index in [0.29, 0.717) is 25.9 Å². The van der Waals surface area contributed by atoms with Crippen LogP contribution >= 0.6 is 0 Å². The van der Waals surface area contributed by atoms with Gasteiger partial charge in [-0.25, -0.2) is 4.57 Å². The average molecular weight is 578 g/mol. The lowest BCUT2D eigenvalue weighted by Crippen LogP contribution is -2.33. The molecule has 1 aliphatic rings. The first-order valence-corrected chi connectivity index (χ1v) is 12.9. The molecule has 1 aromatic heterocycles. The number of aromatic hydroxyl groups is 2. The van der Waals surface area contributed by atoms with Gasteiger partial charge in [0.15, 0.2) is 24.7 Å². The van der Waals surface area contributed by atoms with Crippen molar-refractivity contribution in [2.75, 3.05) is 6.54 Å². The summed E-state index contributed by atoms with van der Waals surface area (Å²) < 4.78 is 42.7. The van der Waals surface area contributed by atoms with Crippen molar-refractivity contribution in [3.05, 3.63) is 118 Å². The Morgan fingerprint density at radius 1 is 0.833 bits per heavy atom. The summed E-state index contributed by atoms with van der Waals surface area (Å²) in [4.78, 5) is 38.6. The predicted molar refractivity (Wildman–Crippen MR) is 143 cm³/mol. The number of phenolic OH excluding ortho intramolecular Hbond substituents is 2. The molecule has 0 radical (unpaired) electrons. The number of hydrogen-bond acceptors (Lipinski definition) is 6. The number of pyridine rings is 1. The van der Waals surface area contributed by atoms with Gasteiger partial charge in [0.1, 0.15) is 17.2 Å². The van der Waals surface area contributed by atoms with E-state index in [-0.39, 0.29) is 39.3 Å². The first-order valence-electron chi connectivity index (χ1n) is 12.9. The van der Waals surface area contributed by atoms with Crippen molar-refractivity contribution in [2.45, 2.75) is 25.7 Å². The monoisotopic (exact) mass is 577 g/mol. The van der Waals surface area contributed by atoms with Crippen molar-refractivity contribution in [3.8, 4) is 17.2 Å². The fourth-order valence-corrected chi connectivity index (χ4v) is 4.78. The smallest absolute Gasteiger partial charge is 0.507 e. The van der Waals surface area contributed by atoms with Gasteiger partial charge < -0.3 is 20.3 Å². The third kappa shape index (κ3) is 6.09. The largest absolute Gasteiger partial charge is 0.573 e. The van der Waals surface area contributed by atoms with E-state index in [1.807, 2.05) is 29.1 Å². The van der Waals surface area contributed by atoms with Crippen molar-refractivity contribution in [2.24, 2.45) is 0 Å². The summed E-state index contributed by atoms with van der Waals surface area (Å²) in [6, 6.07) is 16.0. The Morgan fingerprint density at radius 2 is 1.52 bits per heavy atom. The van der Waals surface area contributed by atoms with Crippen molar-refractivity contribution in [1.29, 1.82) is 0 Å². The maximum absolute atomic E-state index is 13.0. The number of aromatic nitrogens is 1. The molecule has 0 saturated carbocycles.